The molecule has 0 aromatic heterocycles. The molecule has 1 atom stereocenters. The Morgan fingerprint density at radius 2 is 1.86 bits per heavy atom. The molecular weight excluding hydrogens is 180 g/mol. The molecule has 0 aromatic carbocycles. The van der Waals surface area contributed by atoms with E-state index in [1.54, 1.807) is 0 Å². The number of rotatable bonds is 6. The molecule has 0 heterocycles. The molecule has 0 saturated heterocycles. The highest BCUT2D eigenvalue weighted by molar-refractivity contribution is 5.71. The molecule has 0 spiro atoms. The topological polar surface area (TPSA) is 32.8 Å². The summed E-state index contributed by atoms with van der Waals surface area (Å²) < 4.78 is 4.66. The van der Waals surface area contributed by atoms with Gasteiger partial charge in [0.15, 0.2) is 0 Å². The molecule has 4 heteroatoms. The van der Waals surface area contributed by atoms with Crippen molar-refractivity contribution in [1.82, 2.24) is 9.80 Å². The summed E-state index contributed by atoms with van der Waals surface area (Å²) in [6.07, 6.45) is 0. The fraction of sp³-hybridized carbons (Fsp3) is 0.900. The Labute approximate surface area is 86.8 Å². The van der Waals surface area contributed by atoms with Gasteiger partial charge in [0.25, 0.3) is 0 Å². The summed E-state index contributed by atoms with van der Waals surface area (Å²) in [5, 5.41) is 0. The minimum atomic E-state index is -0.137. The minimum Gasteiger partial charge on any atom is -0.469 e. The summed E-state index contributed by atoms with van der Waals surface area (Å²) in [7, 11) is 7.52. The lowest BCUT2D eigenvalue weighted by molar-refractivity contribution is -0.145. The SMILES string of the molecule is COC(=O)C(C)CN(C)CCN(C)C. The second-order valence-corrected chi connectivity index (χ2v) is 3.99. The molecule has 14 heavy (non-hydrogen) atoms. The molecule has 0 rings (SSSR count). The number of ether oxygens (including phenoxy) is 1. The quantitative estimate of drug-likeness (QED) is 0.580. The van der Waals surface area contributed by atoms with Gasteiger partial charge >= 0.3 is 5.97 Å². The van der Waals surface area contributed by atoms with E-state index in [4.69, 9.17) is 0 Å². The van der Waals surface area contributed by atoms with Crippen LogP contribution in [0.1, 0.15) is 6.92 Å². The van der Waals surface area contributed by atoms with Crippen LogP contribution in [0.4, 0.5) is 0 Å². The summed E-state index contributed by atoms with van der Waals surface area (Å²) in [5.74, 6) is -0.186. The van der Waals surface area contributed by atoms with Crippen LogP contribution in [0.3, 0.4) is 0 Å². The maximum absolute atomic E-state index is 11.1. The van der Waals surface area contributed by atoms with Crippen molar-refractivity contribution in [3.05, 3.63) is 0 Å². The first-order chi connectivity index (χ1) is 6.47. The summed E-state index contributed by atoms with van der Waals surface area (Å²) in [6.45, 7) is 4.61. The molecule has 0 aliphatic heterocycles. The van der Waals surface area contributed by atoms with E-state index in [0.29, 0.717) is 0 Å². The van der Waals surface area contributed by atoms with Crippen molar-refractivity contribution in [2.24, 2.45) is 5.92 Å². The van der Waals surface area contributed by atoms with Crippen molar-refractivity contribution in [1.29, 1.82) is 0 Å². The van der Waals surface area contributed by atoms with Gasteiger partial charge in [-0.1, -0.05) is 6.92 Å². The maximum atomic E-state index is 11.1. The highest BCUT2D eigenvalue weighted by Crippen LogP contribution is 2.00. The van der Waals surface area contributed by atoms with Crippen LogP contribution in [0.2, 0.25) is 0 Å². The Kier molecular flexibility index (Phi) is 6.49. The number of nitrogens with zero attached hydrogens (tertiary/aromatic N) is 2. The summed E-state index contributed by atoms with van der Waals surface area (Å²) in [6, 6.07) is 0. The first-order valence-electron chi connectivity index (χ1n) is 4.88. The molecule has 0 amide bonds. The van der Waals surface area contributed by atoms with Gasteiger partial charge in [0, 0.05) is 19.6 Å². The van der Waals surface area contributed by atoms with Gasteiger partial charge in [-0.2, -0.15) is 0 Å². The molecule has 0 fully saturated rings. The van der Waals surface area contributed by atoms with E-state index in [-0.39, 0.29) is 11.9 Å². The van der Waals surface area contributed by atoms with E-state index in [9.17, 15) is 4.79 Å². The second kappa shape index (κ2) is 6.79. The molecule has 0 saturated carbocycles. The van der Waals surface area contributed by atoms with Crippen molar-refractivity contribution in [3.8, 4) is 0 Å². The van der Waals surface area contributed by atoms with Crippen LogP contribution in [0, 0.1) is 5.92 Å². The molecule has 0 bridgehead atoms. The van der Waals surface area contributed by atoms with Gasteiger partial charge in [-0.3, -0.25) is 4.79 Å². The minimum absolute atomic E-state index is 0.0489. The average molecular weight is 202 g/mol. The molecule has 0 N–H and O–H groups in total. The Hall–Kier alpha value is -0.610. The predicted octanol–water partition coefficient (Wildman–Crippen LogP) is 0.289. The first-order valence-corrected chi connectivity index (χ1v) is 4.88. The Morgan fingerprint density at radius 1 is 1.29 bits per heavy atom. The third kappa shape index (κ3) is 5.94. The van der Waals surface area contributed by atoms with Crippen molar-refractivity contribution in [2.75, 3.05) is 47.9 Å². The van der Waals surface area contributed by atoms with Crippen LogP contribution in [-0.2, 0) is 9.53 Å². The summed E-state index contributed by atoms with van der Waals surface area (Å²) in [5.41, 5.74) is 0. The molecule has 0 aliphatic rings. The molecule has 0 aromatic rings. The van der Waals surface area contributed by atoms with Crippen LogP contribution >= 0.6 is 0 Å². The molecule has 4 nitrogen and oxygen atoms in total. The number of likely N-dealkylation sites (N-methyl/N-ethyl adjacent to an activating group) is 2. The largest absolute Gasteiger partial charge is 0.469 e. The number of carbonyl (C=O) groups is 1. The third-order valence-electron chi connectivity index (χ3n) is 2.12. The molecule has 84 valence electrons. The zero-order valence-corrected chi connectivity index (χ0v) is 9.91. The zero-order valence-electron chi connectivity index (χ0n) is 9.91. The van der Waals surface area contributed by atoms with Crippen LogP contribution in [0.15, 0.2) is 0 Å². The smallest absolute Gasteiger partial charge is 0.309 e. The number of hydrogen-bond donors (Lipinski definition) is 0. The molecule has 0 radical (unpaired) electrons. The van der Waals surface area contributed by atoms with Crippen molar-refractivity contribution < 1.29 is 9.53 Å². The lowest BCUT2D eigenvalue weighted by Gasteiger charge is -2.21. The predicted molar refractivity (Wildman–Crippen MR) is 57.2 cm³/mol. The van der Waals surface area contributed by atoms with Gasteiger partial charge in [-0.05, 0) is 21.1 Å². The first kappa shape index (κ1) is 13.4. The monoisotopic (exact) mass is 202 g/mol. The fourth-order valence-electron chi connectivity index (χ4n) is 1.21. The van der Waals surface area contributed by atoms with Crippen molar-refractivity contribution in [3.63, 3.8) is 0 Å². The van der Waals surface area contributed by atoms with Crippen molar-refractivity contribution >= 4 is 5.97 Å². The van der Waals surface area contributed by atoms with Crippen LogP contribution in [-0.4, -0.2) is 63.7 Å². The lowest BCUT2D eigenvalue weighted by atomic mass is 10.2. The van der Waals surface area contributed by atoms with Gasteiger partial charge in [-0.15, -0.1) is 0 Å². The van der Waals surface area contributed by atoms with Gasteiger partial charge in [0.05, 0.1) is 13.0 Å². The normalized spacial score (nSPS) is 13.4. The number of methoxy groups -OCH3 is 1. The highest BCUT2D eigenvalue weighted by atomic mass is 16.5. The van der Waals surface area contributed by atoms with Gasteiger partial charge in [-0.25, -0.2) is 0 Å². The van der Waals surface area contributed by atoms with E-state index in [1.807, 2.05) is 28.1 Å². The molecule has 1 unspecified atom stereocenters. The third-order valence-corrected chi connectivity index (χ3v) is 2.12. The Balaban J connectivity index is 3.70. The standard InChI is InChI=1S/C10H22N2O2/c1-9(10(13)14-5)8-12(4)7-6-11(2)3/h9H,6-8H2,1-5H3. The Morgan fingerprint density at radius 3 is 2.29 bits per heavy atom. The van der Waals surface area contributed by atoms with E-state index in [1.165, 1.54) is 7.11 Å². The highest BCUT2D eigenvalue weighted by Gasteiger charge is 2.14. The fourth-order valence-corrected chi connectivity index (χ4v) is 1.21. The lowest BCUT2D eigenvalue weighted by Crippen LogP contribution is -2.34. The van der Waals surface area contributed by atoms with E-state index in [2.05, 4.69) is 14.5 Å². The summed E-state index contributed by atoms with van der Waals surface area (Å²) >= 11 is 0. The van der Waals surface area contributed by atoms with Gasteiger partial charge in [0.2, 0.25) is 0 Å². The number of hydrogen-bond acceptors (Lipinski definition) is 4. The molecule has 0 aliphatic carbocycles. The van der Waals surface area contributed by atoms with Crippen LogP contribution < -0.4 is 0 Å². The van der Waals surface area contributed by atoms with E-state index < -0.39 is 0 Å². The van der Waals surface area contributed by atoms with E-state index in [0.717, 1.165) is 19.6 Å². The Bertz CT molecular complexity index is 172. The maximum Gasteiger partial charge on any atom is 0.309 e. The van der Waals surface area contributed by atoms with Gasteiger partial charge < -0.3 is 14.5 Å². The molecular formula is C10H22N2O2. The van der Waals surface area contributed by atoms with E-state index >= 15 is 0 Å². The summed E-state index contributed by atoms with van der Waals surface area (Å²) in [4.78, 5) is 15.4. The van der Waals surface area contributed by atoms with Crippen LogP contribution in [0.25, 0.3) is 0 Å². The number of carbonyl (C=O) groups excluding carboxylic acids is 1. The second-order valence-electron chi connectivity index (χ2n) is 3.99. The van der Waals surface area contributed by atoms with Gasteiger partial charge in [0.1, 0.15) is 0 Å². The number of esters is 1. The average Bonchev–Trinajstić information content (AvgIpc) is 2.13. The van der Waals surface area contributed by atoms with Crippen molar-refractivity contribution in [2.45, 2.75) is 6.92 Å². The zero-order chi connectivity index (χ0) is 11.1. The van der Waals surface area contributed by atoms with Crippen LogP contribution in [0.5, 0.6) is 0 Å².